The maximum Gasteiger partial charge on any atom is 0.416 e. The molecule has 0 saturated carbocycles. The highest BCUT2D eigenvalue weighted by Gasteiger charge is 2.49. The van der Waals surface area contributed by atoms with Gasteiger partial charge in [0.05, 0.1) is 35.5 Å². The highest BCUT2D eigenvalue weighted by Crippen LogP contribution is 2.39. The van der Waals surface area contributed by atoms with E-state index in [1.54, 1.807) is 64.5 Å². The average molecular weight is 688 g/mol. The Morgan fingerprint density at radius 2 is 1.68 bits per heavy atom. The lowest BCUT2D eigenvalue weighted by Crippen LogP contribution is -2.41. The minimum absolute atomic E-state index is 0.106. The van der Waals surface area contributed by atoms with Gasteiger partial charge in [0.15, 0.2) is 0 Å². The molecule has 260 valence electrons. The monoisotopic (exact) mass is 687 g/mol. The first-order valence-electron chi connectivity index (χ1n) is 16.0. The first kappa shape index (κ1) is 35.8. The van der Waals surface area contributed by atoms with E-state index in [0.29, 0.717) is 40.8 Å². The van der Waals surface area contributed by atoms with Crippen LogP contribution in [0.15, 0.2) is 79.0 Å². The lowest BCUT2D eigenvalue weighted by atomic mass is 9.86. The number of esters is 2. The van der Waals surface area contributed by atoms with Crippen molar-refractivity contribution in [2.24, 2.45) is 0 Å². The van der Waals surface area contributed by atoms with Crippen LogP contribution in [0.3, 0.4) is 0 Å². The van der Waals surface area contributed by atoms with Gasteiger partial charge in [-0.15, -0.1) is 0 Å². The van der Waals surface area contributed by atoms with Crippen LogP contribution in [0.1, 0.15) is 62.0 Å². The van der Waals surface area contributed by atoms with E-state index >= 15 is 0 Å². The van der Waals surface area contributed by atoms with Crippen LogP contribution in [0.25, 0.3) is 11.1 Å². The Labute approximate surface area is 287 Å². The van der Waals surface area contributed by atoms with Gasteiger partial charge >= 0.3 is 18.1 Å². The molecule has 1 heterocycles. The largest absolute Gasteiger partial charge is 0.465 e. The molecule has 0 spiro atoms. The van der Waals surface area contributed by atoms with E-state index in [4.69, 9.17) is 9.47 Å². The Bertz CT molecular complexity index is 1940. The second-order valence-electron chi connectivity index (χ2n) is 12.3. The fourth-order valence-corrected chi connectivity index (χ4v) is 6.11. The lowest BCUT2D eigenvalue weighted by Gasteiger charge is -2.26. The van der Waals surface area contributed by atoms with Gasteiger partial charge in [-0.1, -0.05) is 36.4 Å². The standard InChI is InChI=1S/C38H36F3N3O6/c1-5-49-36(48)37(18-17-26-9-7-19-42-33(26)37)22-50-31(45)21-24-11-16-30(29(20-24)35(47)44(3)4)43-34(46)28-10-6-8-23(2)32(28)25-12-14-27(15-13-25)38(39,40)41/h6-16,19-20H,5,17-18,21-22H2,1-4H3,(H,43,46). The minimum Gasteiger partial charge on any atom is -0.465 e. The van der Waals surface area contributed by atoms with Crippen LogP contribution in [0.5, 0.6) is 0 Å². The normalized spacial score (nSPS) is 15.2. The van der Waals surface area contributed by atoms with Crippen LogP contribution in [-0.4, -0.2) is 60.9 Å². The van der Waals surface area contributed by atoms with Crippen LogP contribution in [0.4, 0.5) is 18.9 Å². The van der Waals surface area contributed by atoms with Crippen LogP contribution < -0.4 is 5.32 Å². The van der Waals surface area contributed by atoms with Crippen molar-refractivity contribution >= 4 is 29.4 Å². The van der Waals surface area contributed by atoms with Gasteiger partial charge in [0.2, 0.25) is 0 Å². The smallest absolute Gasteiger partial charge is 0.416 e. The van der Waals surface area contributed by atoms with Gasteiger partial charge in [0.1, 0.15) is 12.0 Å². The number of carbonyl (C=O) groups excluding carboxylic acids is 4. The molecule has 0 fully saturated rings. The van der Waals surface area contributed by atoms with Crippen molar-refractivity contribution in [2.45, 2.75) is 44.7 Å². The molecule has 0 radical (unpaired) electrons. The quantitative estimate of drug-likeness (QED) is 0.188. The predicted octanol–water partition coefficient (Wildman–Crippen LogP) is 6.56. The number of anilines is 1. The molecule has 50 heavy (non-hydrogen) atoms. The Morgan fingerprint density at radius 1 is 0.940 bits per heavy atom. The number of aromatic nitrogens is 1. The highest BCUT2D eigenvalue weighted by atomic mass is 19.4. The summed E-state index contributed by atoms with van der Waals surface area (Å²) < 4.78 is 50.6. The van der Waals surface area contributed by atoms with Crippen molar-refractivity contribution in [2.75, 3.05) is 32.6 Å². The van der Waals surface area contributed by atoms with Crippen molar-refractivity contribution in [1.29, 1.82) is 0 Å². The van der Waals surface area contributed by atoms with Crippen LogP contribution in [-0.2, 0) is 43.5 Å². The van der Waals surface area contributed by atoms with E-state index in [2.05, 4.69) is 10.3 Å². The number of fused-ring (bicyclic) bond motifs is 1. The number of aryl methyl sites for hydroxylation is 2. The molecule has 1 aromatic heterocycles. The topological polar surface area (TPSA) is 115 Å². The number of ether oxygens (including phenoxy) is 2. The van der Waals surface area contributed by atoms with Gasteiger partial charge in [-0.3, -0.25) is 24.2 Å². The predicted molar refractivity (Wildman–Crippen MR) is 180 cm³/mol. The number of alkyl halides is 3. The van der Waals surface area contributed by atoms with Crippen molar-refractivity contribution in [1.82, 2.24) is 9.88 Å². The van der Waals surface area contributed by atoms with Crippen molar-refractivity contribution in [3.8, 4) is 11.1 Å². The molecule has 1 atom stereocenters. The van der Waals surface area contributed by atoms with Crippen LogP contribution in [0.2, 0.25) is 0 Å². The van der Waals surface area contributed by atoms with Gasteiger partial charge in [-0.25, -0.2) is 0 Å². The number of halogens is 3. The Hall–Kier alpha value is -5.52. The number of nitrogens with zero attached hydrogens (tertiary/aromatic N) is 2. The molecule has 2 amide bonds. The van der Waals surface area contributed by atoms with Gasteiger partial charge in [0, 0.05) is 25.9 Å². The number of pyridine rings is 1. The molecule has 0 saturated heterocycles. The first-order chi connectivity index (χ1) is 23.7. The maximum absolute atomic E-state index is 13.7. The third-order valence-corrected chi connectivity index (χ3v) is 8.65. The second kappa shape index (κ2) is 14.5. The molecule has 0 aliphatic heterocycles. The van der Waals surface area contributed by atoms with E-state index < -0.39 is 40.9 Å². The molecule has 3 aromatic carbocycles. The molecular formula is C38H36F3N3O6. The van der Waals surface area contributed by atoms with E-state index in [9.17, 15) is 32.3 Å². The molecule has 1 N–H and O–H groups in total. The van der Waals surface area contributed by atoms with E-state index in [-0.39, 0.29) is 36.4 Å². The summed E-state index contributed by atoms with van der Waals surface area (Å²) in [7, 11) is 3.08. The molecule has 1 unspecified atom stereocenters. The molecule has 0 bridgehead atoms. The van der Waals surface area contributed by atoms with Crippen molar-refractivity contribution in [3.63, 3.8) is 0 Å². The average Bonchev–Trinajstić information content (AvgIpc) is 3.47. The summed E-state index contributed by atoms with van der Waals surface area (Å²) in [4.78, 5) is 58.9. The Kier molecular flexibility index (Phi) is 10.4. The van der Waals surface area contributed by atoms with Gasteiger partial charge in [0.25, 0.3) is 11.8 Å². The minimum atomic E-state index is -4.51. The second-order valence-corrected chi connectivity index (χ2v) is 12.3. The summed E-state index contributed by atoms with van der Waals surface area (Å²) in [6, 6.07) is 17.7. The highest BCUT2D eigenvalue weighted by molar-refractivity contribution is 6.12. The third-order valence-electron chi connectivity index (χ3n) is 8.65. The first-order valence-corrected chi connectivity index (χ1v) is 16.0. The summed E-state index contributed by atoms with van der Waals surface area (Å²) >= 11 is 0. The summed E-state index contributed by atoms with van der Waals surface area (Å²) in [6.45, 7) is 3.34. The van der Waals surface area contributed by atoms with E-state index in [1.807, 2.05) is 6.07 Å². The zero-order valence-corrected chi connectivity index (χ0v) is 28.0. The van der Waals surface area contributed by atoms with E-state index in [1.165, 1.54) is 29.2 Å². The van der Waals surface area contributed by atoms with Crippen molar-refractivity contribution < 1.29 is 41.8 Å². The number of rotatable bonds is 10. The fourth-order valence-electron chi connectivity index (χ4n) is 6.11. The zero-order chi connectivity index (χ0) is 36.2. The Balaban J connectivity index is 1.37. The SMILES string of the molecule is CCOC(=O)C1(COC(=O)Cc2ccc(NC(=O)c3cccc(C)c3-c3ccc(C(F)(F)F)cc3)c(C(=O)N(C)C)c2)CCc2cccnc21. The maximum atomic E-state index is 13.7. The van der Waals surface area contributed by atoms with Crippen molar-refractivity contribution in [3.05, 3.63) is 118 Å². The lowest BCUT2D eigenvalue weighted by molar-refractivity contribution is -0.157. The molecule has 4 aromatic rings. The van der Waals surface area contributed by atoms with Gasteiger partial charge < -0.3 is 19.7 Å². The Morgan fingerprint density at radius 3 is 2.36 bits per heavy atom. The summed E-state index contributed by atoms with van der Waals surface area (Å²) in [5.41, 5.74) is 1.80. The molecule has 12 heteroatoms. The summed E-state index contributed by atoms with van der Waals surface area (Å²) in [5, 5.41) is 2.78. The molecule has 9 nitrogen and oxygen atoms in total. The zero-order valence-electron chi connectivity index (χ0n) is 28.0. The van der Waals surface area contributed by atoms with Crippen LogP contribution >= 0.6 is 0 Å². The van der Waals surface area contributed by atoms with Gasteiger partial charge in [-0.05, 0) is 90.9 Å². The molecule has 1 aliphatic rings. The summed E-state index contributed by atoms with van der Waals surface area (Å²) in [5.74, 6) is -2.19. The number of hydrogen-bond donors (Lipinski definition) is 1. The number of carbonyl (C=O) groups is 4. The molecule has 5 rings (SSSR count). The van der Waals surface area contributed by atoms with Crippen LogP contribution in [0, 0.1) is 6.92 Å². The third kappa shape index (κ3) is 7.39. The number of benzene rings is 3. The molecule has 1 aliphatic carbocycles. The van der Waals surface area contributed by atoms with E-state index in [0.717, 1.165) is 17.7 Å². The fraction of sp³-hybridized carbons (Fsp3) is 0.289. The molecular weight excluding hydrogens is 651 g/mol. The number of amides is 2. The van der Waals surface area contributed by atoms with Gasteiger partial charge in [-0.2, -0.15) is 13.2 Å². The summed E-state index contributed by atoms with van der Waals surface area (Å²) in [6.07, 6.45) is -2.20. The number of hydrogen-bond acceptors (Lipinski definition) is 7. The number of nitrogens with one attached hydrogen (secondary N) is 1.